The molecule has 1 heterocycles. The van der Waals surface area contributed by atoms with Gasteiger partial charge in [-0.05, 0) is 43.3 Å². The zero-order valence-electron chi connectivity index (χ0n) is 17.9. The minimum Gasteiger partial charge on any atom is -0.486 e. The number of carbonyl (C=O) groups is 1. The standard InChI is InChI=1S/C24H23ClN2O5S/c1-17-10-12-19(13-11-17)33(29,30)27(21-7-3-2-6-20(21)25)15-24(28)26-14-18-16-31-22-8-4-5-9-23(22)32-18/h2-13,18H,14-16H2,1H3,(H,26,28)/t18-/m1/s1. The Balaban J connectivity index is 1.50. The molecule has 7 nitrogen and oxygen atoms in total. The summed E-state index contributed by atoms with van der Waals surface area (Å²) in [5.74, 6) is 0.755. The second kappa shape index (κ2) is 9.72. The molecule has 0 saturated carbocycles. The maximum atomic E-state index is 13.4. The van der Waals surface area contributed by atoms with E-state index >= 15 is 0 Å². The molecule has 33 heavy (non-hydrogen) atoms. The lowest BCUT2D eigenvalue weighted by atomic mass is 10.2. The number of amides is 1. The lowest BCUT2D eigenvalue weighted by Gasteiger charge is -2.28. The van der Waals surface area contributed by atoms with Crippen LogP contribution in [-0.4, -0.2) is 40.1 Å². The lowest BCUT2D eigenvalue weighted by Crippen LogP contribution is -2.45. The third kappa shape index (κ3) is 5.23. The predicted octanol–water partition coefficient (Wildman–Crippen LogP) is 3.80. The first-order valence-electron chi connectivity index (χ1n) is 10.3. The van der Waals surface area contributed by atoms with Crippen molar-refractivity contribution in [2.45, 2.75) is 17.9 Å². The zero-order chi connectivity index (χ0) is 23.4. The molecule has 0 radical (unpaired) electrons. The molecule has 1 N–H and O–H groups in total. The second-order valence-corrected chi connectivity index (χ2v) is 9.85. The molecule has 0 aromatic heterocycles. The van der Waals surface area contributed by atoms with Gasteiger partial charge >= 0.3 is 0 Å². The summed E-state index contributed by atoms with van der Waals surface area (Å²) in [5, 5.41) is 2.97. The van der Waals surface area contributed by atoms with Gasteiger partial charge in [-0.3, -0.25) is 9.10 Å². The summed E-state index contributed by atoms with van der Waals surface area (Å²) >= 11 is 6.29. The largest absolute Gasteiger partial charge is 0.486 e. The van der Waals surface area contributed by atoms with Crippen molar-refractivity contribution in [1.29, 1.82) is 0 Å². The van der Waals surface area contributed by atoms with Crippen LogP contribution in [0.1, 0.15) is 5.56 Å². The van der Waals surface area contributed by atoms with Gasteiger partial charge in [0.15, 0.2) is 11.5 Å². The highest BCUT2D eigenvalue weighted by Gasteiger charge is 2.29. The number of aryl methyl sites for hydroxylation is 1. The molecule has 0 spiro atoms. The second-order valence-electron chi connectivity index (χ2n) is 7.58. The quantitative estimate of drug-likeness (QED) is 0.549. The molecule has 4 rings (SSSR count). The van der Waals surface area contributed by atoms with Gasteiger partial charge in [-0.25, -0.2) is 8.42 Å². The Labute approximate surface area is 197 Å². The smallest absolute Gasteiger partial charge is 0.264 e. The number of hydrogen-bond donors (Lipinski definition) is 1. The van der Waals surface area contributed by atoms with Gasteiger partial charge in [-0.15, -0.1) is 0 Å². The van der Waals surface area contributed by atoms with Crippen LogP contribution in [0.25, 0.3) is 0 Å². The van der Waals surface area contributed by atoms with Crippen molar-refractivity contribution >= 4 is 33.2 Å². The van der Waals surface area contributed by atoms with Gasteiger partial charge < -0.3 is 14.8 Å². The van der Waals surface area contributed by atoms with Gasteiger partial charge in [-0.1, -0.05) is 53.6 Å². The first-order valence-corrected chi connectivity index (χ1v) is 12.2. The molecule has 0 aliphatic carbocycles. The van der Waals surface area contributed by atoms with Gasteiger partial charge in [0.1, 0.15) is 19.3 Å². The third-order valence-corrected chi connectivity index (χ3v) is 7.21. The van der Waals surface area contributed by atoms with E-state index in [0.29, 0.717) is 11.5 Å². The van der Waals surface area contributed by atoms with Gasteiger partial charge in [-0.2, -0.15) is 0 Å². The van der Waals surface area contributed by atoms with E-state index in [1.54, 1.807) is 42.5 Å². The summed E-state index contributed by atoms with van der Waals surface area (Å²) in [5.41, 5.74) is 1.15. The summed E-state index contributed by atoms with van der Waals surface area (Å²) in [6, 6.07) is 20.2. The van der Waals surface area contributed by atoms with Crippen molar-refractivity contribution in [3.8, 4) is 11.5 Å². The summed E-state index contributed by atoms with van der Waals surface area (Å²) < 4.78 is 39.4. The van der Waals surface area contributed by atoms with Crippen molar-refractivity contribution < 1.29 is 22.7 Å². The van der Waals surface area contributed by atoms with Crippen LogP contribution in [0.2, 0.25) is 5.02 Å². The van der Waals surface area contributed by atoms with Crippen molar-refractivity contribution in [3.05, 3.63) is 83.4 Å². The van der Waals surface area contributed by atoms with Gasteiger partial charge in [0.05, 0.1) is 22.2 Å². The van der Waals surface area contributed by atoms with E-state index in [4.69, 9.17) is 21.1 Å². The number of ether oxygens (including phenoxy) is 2. The van der Waals surface area contributed by atoms with E-state index < -0.39 is 28.6 Å². The van der Waals surface area contributed by atoms with E-state index in [2.05, 4.69) is 5.32 Å². The van der Waals surface area contributed by atoms with Crippen molar-refractivity contribution in [2.24, 2.45) is 0 Å². The first kappa shape index (κ1) is 22.9. The molecule has 0 saturated heterocycles. The minimum atomic E-state index is -4.04. The Morgan fingerprint density at radius 3 is 2.42 bits per heavy atom. The van der Waals surface area contributed by atoms with Crippen LogP contribution in [-0.2, 0) is 14.8 Å². The molecule has 3 aromatic rings. The normalized spacial score (nSPS) is 15.0. The van der Waals surface area contributed by atoms with Crippen molar-refractivity contribution in [1.82, 2.24) is 5.32 Å². The van der Waals surface area contributed by atoms with Gasteiger partial charge in [0, 0.05) is 0 Å². The number of nitrogens with zero attached hydrogens (tertiary/aromatic N) is 1. The van der Waals surface area contributed by atoms with E-state index in [-0.39, 0.29) is 28.8 Å². The van der Waals surface area contributed by atoms with Crippen LogP contribution < -0.4 is 19.1 Å². The highest BCUT2D eigenvalue weighted by molar-refractivity contribution is 7.92. The number of carbonyl (C=O) groups excluding carboxylic acids is 1. The predicted molar refractivity (Wildman–Crippen MR) is 127 cm³/mol. The number of sulfonamides is 1. The highest BCUT2D eigenvalue weighted by atomic mass is 35.5. The summed E-state index contributed by atoms with van der Waals surface area (Å²) in [6.45, 7) is 1.86. The number of halogens is 1. The van der Waals surface area contributed by atoms with Crippen LogP contribution in [0.4, 0.5) is 5.69 Å². The van der Waals surface area contributed by atoms with Crippen LogP contribution in [0.5, 0.6) is 11.5 Å². The Morgan fingerprint density at radius 2 is 1.70 bits per heavy atom. The average Bonchev–Trinajstić information content (AvgIpc) is 2.82. The highest BCUT2D eigenvalue weighted by Crippen LogP contribution is 2.31. The first-order chi connectivity index (χ1) is 15.8. The molecule has 1 aliphatic heterocycles. The third-order valence-electron chi connectivity index (χ3n) is 5.11. The van der Waals surface area contributed by atoms with Crippen LogP contribution in [0, 0.1) is 6.92 Å². The topological polar surface area (TPSA) is 84.9 Å². The molecule has 1 aliphatic rings. The molecular formula is C24H23ClN2O5S. The minimum absolute atomic E-state index is 0.0708. The van der Waals surface area contributed by atoms with Crippen molar-refractivity contribution in [3.63, 3.8) is 0 Å². The zero-order valence-corrected chi connectivity index (χ0v) is 19.5. The Morgan fingerprint density at radius 1 is 1.03 bits per heavy atom. The molecule has 1 amide bonds. The van der Waals surface area contributed by atoms with Gasteiger partial charge in [0.2, 0.25) is 5.91 Å². The van der Waals surface area contributed by atoms with E-state index in [1.165, 1.54) is 12.1 Å². The maximum absolute atomic E-state index is 13.4. The Hall–Kier alpha value is -3.23. The Kier molecular flexibility index (Phi) is 6.76. The number of rotatable bonds is 7. The van der Waals surface area contributed by atoms with Gasteiger partial charge in [0.25, 0.3) is 10.0 Å². The van der Waals surface area contributed by atoms with Crippen LogP contribution >= 0.6 is 11.6 Å². The van der Waals surface area contributed by atoms with E-state index in [0.717, 1.165) is 9.87 Å². The summed E-state index contributed by atoms with van der Waals surface area (Å²) in [7, 11) is -4.04. The summed E-state index contributed by atoms with van der Waals surface area (Å²) in [4.78, 5) is 12.9. The average molecular weight is 487 g/mol. The fourth-order valence-corrected chi connectivity index (χ4v) is 5.10. The molecule has 0 fully saturated rings. The number of nitrogens with one attached hydrogen (secondary N) is 1. The maximum Gasteiger partial charge on any atom is 0.264 e. The van der Waals surface area contributed by atoms with Crippen LogP contribution in [0.3, 0.4) is 0 Å². The number of benzene rings is 3. The van der Waals surface area contributed by atoms with Crippen LogP contribution in [0.15, 0.2) is 77.7 Å². The molecule has 0 bridgehead atoms. The molecule has 3 aromatic carbocycles. The Bertz CT molecular complexity index is 1250. The number of fused-ring (bicyclic) bond motifs is 1. The number of anilines is 1. The number of para-hydroxylation sites is 3. The SMILES string of the molecule is Cc1ccc(S(=O)(=O)N(CC(=O)NC[C@@H]2COc3ccccc3O2)c2ccccc2Cl)cc1. The monoisotopic (exact) mass is 486 g/mol. The molecule has 9 heteroatoms. The van der Waals surface area contributed by atoms with E-state index in [9.17, 15) is 13.2 Å². The van der Waals surface area contributed by atoms with Crippen molar-refractivity contribution in [2.75, 3.05) is 24.0 Å². The fourth-order valence-electron chi connectivity index (χ4n) is 3.37. The van der Waals surface area contributed by atoms with E-state index in [1.807, 2.05) is 25.1 Å². The molecule has 0 unspecified atom stereocenters. The lowest BCUT2D eigenvalue weighted by molar-refractivity contribution is -0.120. The molecule has 1 atom stereocenters. The summed E-state index contributed by atoms with van der Waals surface area (Å²) in [6.07, 6.45) is -0.397. The fraction of sp³-hybridized carbons (Fsp3) is 0.208. The molecule has 172 valence electrons. The molecular weight excluding hydrogens is 464 g/mol. The number of hydrogen-bond acceptors (Lipinski definition) is 5.